The number of nitrogens with one attached hydrogen (secondary N) is 1. The van der Waals surface area contributed by atoms with Crippen molar-refractivity contribution in [2.75, 3.05) is 5.32 Å². The summed E-state index contributed by atoms with van der Waals surface area (Å²) < 4.78 is 0. The molecule has 0 fully saturated rings. The van der Waals surface area contributed by atoms with Crippen LogP contribution in [0.25, 0.3) is 0 Å². The van der Waals surface area contributed by atoms with Gasteiger partial charge < -0.3 is 11.1 Å². The van der Waals surface area contributed by atoms with Crippen molar-refractivity contribution in [3.05, 3.63) is 17.4 Å². The van der Waals surface area contributed by atoms with Crippen molar-refractivity contribution >= 4 is 17.5 Å². The molecule has 1 heterocycles. The molecule has 0 bridgehead atoms. The summed E-state index contributed by atoms with van der Waals surface area (Å²) in [5.41, 5.74) is 5.67. The molecule has 2 atom stereocenters. The van der Waals surface area contributed by atoms with Crippen LogP contribution in [0.4, 0.5) is 5.95 Å². The van der Waals surface area contributed by atoms with Gasteiger partial charge >= 0.3 is 0 Å². The van der Waals surface area contributed by atoms with Gasteiger partial charge in [-0.15, -0.1) is 0 Å². The molecule has 0 aliphatic rings. The van der Waals surface area contributed by atoms with Crippen molar-refractivity contribution in [3.8, 4) is 0 Å². The first-order chi connectivity index (χ1) is 6.58. The lowest BCUT2D eigenvalue weighted by molar-refractivity contribution is 0.601. The minimum Gasteiger partial charge on any atom is -0.352 e. The molecule has 0 spiro atoms. The first-order valence-electron chi connectivity index (χ1n) is 4.57. The van der Waals surface area contributed by atoms with Crippen LogP contribution in [0.15, 0.2) is 12.4 Å². The number of rotatable bonds is 4. The highest BCUT2D eigenvalue weighted by atomic mass is 35.5. The zero-order chi connectivity index (χ0) is 10.6. The smallest absolute Gasteiger partial charge is 0.222 e. The molecule has 14 heavy (non-hydrogen) atoms. The molecule has 1 aromatic rings. The van der Waals surface area contributed by atoms with E-state index in [2.05, 4.69) is 15.3 Å². The Hall–Kier alpha value is -0.870. The second-order valence-corrected chi connectivity index (χ2v) is 3.92. The third kappa shape index (κ3) is 3.89. The van der Waals surface area contributed by atoms with E-state index in [0.717, 1.165) is 6.42 Å². The Morgan fingerprint density at radius 1 is 1.43 bits per heavy atom. The SMILES string of the molecule is CC(N)CC(C)Nc1ncc(Cl)cn1. The van der Waals surface area contributed by atoms with Gasteiger partial charge in [-0.05, 0) is 20.3 Å². The van der Waals surface area contributed by atoms with E-state index < -0.39 is 0 Å². The maximum Gasteiger partial charge on any atom is 0.222 e. The summed E-state index contributed by atoms with van der Waals surface area (Å²) in [6, 6.07) is 0.431. The molecule has 0 saturated carbocycles. The topological polar surface area (TPSA) is 63.8 Å². The number of hydrogen-bond acceptors (Lipinski definition) is 4. The Morgan fingerprint density at radius 3 is 2.50 bits per heavy atom. The number of nitrogens with two attached hydrogens (primary N) is 1. The standard InChI is InChI=1S/C9H15ClN4/c1-6(11)3-7(2)14-9-12-4-8(10)5-13-9/h4-7H,3,11H2,1-2H3,(H,12,13,14). The van der Waals surface area contributed by atoms with E-state index in [4.69, 9.17) is 17.3 Å². The summed E-state index contributed by atoms with van der Waals surface area (Å²) in [6.45, 7) is 4.02. The van der Waals surface area contributed by atoms with Crippen molar-refractivity contribution in [1.82, 2.24) is 9.97 Å². The summed E-state index contributed by atoms with van der Waals surface area (Å²) in [7, 11) is 0. The molecule has 0 amide bonds. The maximum absolute atomic E-state index is 5.67. The Kier molecular flexibility index (Phi) is 4.10. The van der Waals surface area contributed by atoms with E-state index >= 15 is 0 Å². The molecule has 2 unspecified atom stereocenters. The van der Waals surface area contributed by atoms with Crippen LogP contribution in [0.3, 0.4) is 0 Å². The molecule has 4 nitrogen and oxygen atoms in total. The highest BCUT2D eigenvalue weighted by molar-refractivity contribution is 6.30. The third-order valence-corrected chi connectivity index (χ3v) is 1.92. The Bertz CT molecular complexity index is 273. The van der Waals surface area contributed by atoms with Gasteiger partial charge in [0.25, 0.3) is 0 Å². The predicted molar refractivity (Wildman–Crippen MR) is 58.4 cm³/mol. The summed E-state index contributed by atoms with van der Waals surface area (Å²) in [5, 5.41) is 3.68. The van der Waals surface area contributed by atoms with Gasteiger partial charge in [-0.25, -0.2) is 9.97 Å². The van der Waals surface area contributed by atoms with E-state index in [1.807, 2.05) is 13.8 Å². The molecule has 1 aromatic heterocycles. The van der Waals surface area contributed by atoms with Crippen molar-refractivity contribution in [1.29, 1.82) is 0 Å². The van der Waals surface area contributed by atoms with Crippen LogP contribution in [-0.4, -0.2) is 22.1 Å². The lowest BCUT2D eigenvalue weighted by atomic mass is 10.1. The van der Waals surface area contributed by atoms with Crippen molar-refractivity contribution in [2.24, 2.45) is 5.73 Å². The number of aromatic nitrogens is 2. The normalized spacial score (nSPS) is 14.9. The van der Waals surface area contributed by atoms with E-state index in [0.29, 0.717) is 11.0 Å². The van der Waals surface area contributed by atoms with Gasteiger partial charge in [0, 0.05) is 12.1 Å². The monoisotopic (exact) mass is 214 g/mol. The van der Waals surface area contributed by atoms with Gasteiger partial charge in [0.2, 0.25) is 5.95 Å². The average Bonchev–Trinajstić information content (AvgIpc) is 2.07. The van der Waals surface area contributed by atoms with Crippen molar-refractivity contribution in [2.45, 2.75) is 32.4 Å². The molecule has 78 valence electrons. The second-order valence-electron chi connectivity index (χ2n) is 3.48. The number of anilines is 1. The maximum atomic E-state index is 5.67. The number of nitrogens with zero attached hydrogens (tertiary/aromatic N) is 2. The molecule has 5 heteroatoms. The van der Waals surface area contributed by atoms with Crippen LogP contribution in [-0.2, 0) is 0 Å². The fourth-order valence-corrected chi connectivity index (χ4v) is 1.32. The summed E-state index contributed by atoms with van der Waals surface area (Å²) in [6.07, 6.45) is 4.01. The molecule has 0 radical (unpaired) electrons. The molecular formula is C9H15ClN4. The third-order valence-electron chi connectivity index (χ3n) is 1.72. The number of halogens is 1. The Labute approximate surface area is 88.9 Å². The summed E-state index contributed by atoms with van der Waals surface area (Å²) in [4.78, 5) is 8.06. The minimum atomic E-state index is 0.171. The molecule has 0 aliphatic heterocycles. The first-order valence-corrected chi connectivity index (χ1v) is 4.95. The van der Waals surface area contributed by atoms with Gasteiger partial charge in [-0.2, -0.15) is 0 Å². The Balaban J connectivity index is 2.47. The highest BCUT2D eigenvalue weighted by Crippen LogP contribution is 2.07. The van der Waals surface area contributed by atoms with Crippen molar-refractivity contribution < 1.29 is 0 Å². The van der Waals surface area contributed by atoms with Gasteiger partial charge in [-0.3, -0.25) is 0 Å². The van der Waals surface area contributed by atoms with E-state index in [1.54, 1.807) is 12.4 Å². The molecule has 0 aromatic carbocycles. The van der Waals surface area contributed by atoms with Crippen LogP contribution in [0.2, 0.25) is 5.02 Å². The summed E-state index contributed by atoms with van der Waals surface area (Å²) >= 11 is 5.66. The molecule has 1 rings (SSSR count). The highest BCUT2D eigenvalue weighted by Gasteiger charge is 2.05. The molecule has 3 N–H and O–H groups in total. The fraction of sp³-hybridized carbons (Fsp3) is 0.556. The van der Waals surface area contributed by atoms with Crippen LogP contribution in [0, 0.1) is 0 Å². The zero-order valence-electron chi connectivity index (χ0n) is 8.37. The van der Waals surface area contributed by atoms with E-state index in [1.165, 1.54) is 0 Å². The quantitative estimate of drug-likeness (QED) is 0.801. The molecular weight excluding hydrogens is 200 g/mol. The van der Waals surface area contributed by atoms with Crippen LogP contribution in [0.1, 0.15) is 20.3 Å². The lowest BCUT2D eigenvalue weighted by Crippen LogP contribution is -2.26. The molecule has 0 saturated heterocycles. The Morgan fingerprint density at radius 2 is 2.00 bits per heavy atom. The first kappa shape index (κ1) is 11.2. The number of hydrogen-bond donors (Lipinski definition) is 2. The van der Waals surface area contributed by atoms with Crippen LogP contribution >= 0.6 is 11.6 Å². The average molecular weight is 215 g/mol. The lowest BCUT2D eigenvalue weighted by Gasteiger charge is -2.15. The van der Waals surface area contributed by atoms with Crippen molar-refractivity contribution in [3.63, 3.8) is 0 Å². The van der Waals surface area contributed by atoms with Gasteiger partial charge in [0.05, 0.1) is 17.4 Å². The van der Waals surface area contributed by atoms with E-state index in [-0.39, 0.29) is 12.1 Å². The predicted octanol–water partition coefficient (Wildman–Crippen LogP) is 1.67. The largest absolute Gasteiger partial charge is 0.352 e. The van der Waals surface area contributed by atoms with Gasteiger partial charge in [0.1, 0.15) is 0 Å². The van der Waals surface area contributed by atoms with Gasteiger partial charge in [0.15, 0.2) is 0 Å². The van der Waals surface area contributed by atoms with E-state index in [9.17, 15) is 0 Å². The minimum absolute atomic E-state index is 0.171. The molecule has 0 aliphatic carbocycles. The summed E-state index contributed by atoms with van der Waals surface area (Å²) in [5.74, 6) is 0.586. The van der Waals surface area contributed by atoms with Crippen LogP contribution in [0.5, 0.6) is 0 Å². The zero-order valence-corrected chi connectivity index (χ0v) is 9.12. The van der Waals surface area contributed by atoms with Gasteiger partial charge in [-0.1, -0.05) is 11.6 Å². The second kappa shape index (κ2) is 5.12. The van der Waals surface area contributed by atoms with Crippen LogP contribution < -0.4 is 11.1 Å². The fourth-order valence-electron chi connectivity index (χ4n) is 1.22.